The van der Waals surface area contributed by atoms with Crippen molar-refractivity contribution in [3.8, 4) is 0 Å². The number of rotatable bonds is 5. The van der Waals surface area contributed by atoms with Gasteiger partial charge in [-0.15, -0.1) is 11.3 Å². The minimum atomic E-state index is -3.71. The number of nitrogens with one attached hydrogen (secondary N) is 2. The number of thiazole rings is 1. The van der Waals surface area contributed by atoms with Gasteiger partial charge in [0.2, 0.25) is 5.91 Å². The fourth-order valence-electron chi connectivity index (χ4n) is 2.81. The molecular weight excluding hydrogens is 414 g/mol. The van der Waals surface area contributed by atoms with Gasteiger partial charge in [0.05, 0.1) is 4.90 Å². The zero-order valence-corrected chi connectivity index (χ0v) is 17.4. The van der Waals surface area contributed by atoms with E-state index in [9.17, 15) is 13.2 Å². The summed E-state index contributed by atoms with van der Waals surface area (Å²) in [6, 6.07) is 12.0. The Morgan fingerprint density at radius 2 is 1.93 bits per heavy atom. The van der Waals surface area contributed by atoms with Gasteiger partial charge in [-0.05, 0) is 61.4 Å². The predicted octanol–water partition coefficient (Wildman–Crippen LogP) is 4.29. The summed E-state index contributed by atoms with van der Waals surface area (Å²) >= 11 is 3.12. The molecule has 0 saturated heterocycles. The number of anilines is 2. The number of fused-ring (bicyclic) bond motifs is 1. The molecule has 0 bridgehead atoms. The van der Waals surface area contributed by atoms with E-state index in [4.69, 9.17) is 0 Å². The highest BCUT2D eigenvalue weighted by Crippen LogP contribution is 2.31. The van der Waals surface area contributed by atoms with E-state index in [1.807, 2.05) is 24.4 Å². The molecule has 6 nitrogen and oxygen atoms in total. The lowest BCUT2D eigenvalue weighted by atomic mass is 10.0. The van der Waals surface area contributed by atoms with E-state index < -0.39 is 10.0 Å². The molecule has 1 aliphatic heterocycles. The number of hydrogen-bond donors (Lipinski definition) is 2. The van der Waals surface area contributed by atoms with E-state index in [-0.39, 0.29) is 10.8 Å². The van der Waals surface area contributed by atoms with E-state index in [1.165, 1.54) is 6.07 Å². The van der Waals surface area contributed by atoms with Gasteiger partial charge in [-0.2, -0.15) is 0 Å². The largest absolute Gasteiger partial charge is 0.326 e. The van der Waals surface area contributed by atoms with Crippen LogP contribution in [0.4, 0.5) is 11.4 Å². The highest BCUT2D eigenvalue weighted by atomic mass is 32.2. The van der Waals surface area contributed by atoms with Gasteiger partial charge in [0, 0.05) is 33.8 Å². The zero-order valence-electron chi connectivity index (χ0n) is 14.9. The third kappa shape index (κ3) is 4.21. The summed E-state index contributed by atoms with van der Waals surface area (Å²) in [5.74, 6) is -0.0490. The Morgan fingerprint density at radius 1 is 1.14 bits per heavy atom. The Labute approximate surface area is 171 Å². The maximum absolute atomic E-state index is 12.7. The Bertz CT molecular complexity index is 1140. The minimum Gasteiger partial charge on any atom is -0.326 e. The van der Waals surface area contributed by atoms with Crippen LogP contribution in [0.2, 0.25) is 0 Å². The van der Waals surface area contributed by atoms with Crippen molar-refractivity contribution in [3.63, 3.8) is 0 Å². The molecule has 0 unspecified atom stereocenters. The summed E-state index contributed by atoms with van der Waals surface area (Å²) in [6.45, 7) is 1.95. The molecule has 1 aliphatic rings. The maximum Gasteiger partial charge on any atom is 0.261 e. The average molecular weight is 432 g/mol. The summed E-state index contributed by atoms with van der Waals surface area (Å²) in [4.78, 5) is 17.0. The molecule has 144 valence electrons. The SMILES string of the molecule is Cc1csc(Sc2ccc(NS(=O)(=O)c3ccc4c(c3)CCC(=O)N4)cc2)n1. The van der Waals surface area contributed by atoms with Gasteiger partial charge in [0.25, 0.3) is 10.0 Å². The van der Waals surface area contributed by atoms with Crippen LogP contribution in [0.3, 0.4) is 0 Å². The van der Waals surface area contributed by atoms with Crippen molar-refractivity contribution in [1.29, 1.82) is 0 Å². The maximum atomic E-state index is 12.7. The molecule has 1 aromatic heterocycles. The Kier molecular flexibility index (Phi) is 5.13. The fraction of sp³-hybridized carbons (Fsp3) is 0.158. The predicted molar refractivity (Wildman–Crippen MR) is 112 cm³/mol. The molecule has 0 saturated carbocycles. The molecule has 2 aromatic carbocycles. The number of hydrogen-bond acceptors (Lipinski definition) is 6. The van der Waals surface area contributed by atoms with E-state index >= 15 is 0 Å². The summed E-state index contributed by atoms with van der Waals surface area (Å²) in [6.07, 6.45) is 0.897. The number of carbonyl (C=O) groups excluding carboxylic acids is 1. The summed E-state index contributed by atoms with van der Waals surface area (Å²) in [5, 5.41) is 4.75. The van der Waals surface area contributed by atoms with Crippen LogP contribution >= 0.6 is 23.1 Å². The first-order chi connectivity index (χ1) is 13.4. The standard InChI is InChI=1S/C19H17N3O3S3/c1-12-11-26-19(20-12)27-15-5-3-14(4-6-15)22-28(24,25)16-7-8-17-13(10-16)2-9-18(23)21-17/h3-8,10-11,22H,2,9H2,1H3,(H,21,23). The molecule has 2 N–H and O–H groups in total. The minimum absolute atomic E-state index is 0.0490. The van der Waals surface area contributed by atoms with Gasteiger partial charge < -0.3 is 5.32 Å². The van der Waals surface area contributed by atoms with Gasteiger partial charge in [-0.3, -0.25) is 9.52 Å². The second-order valence-corrected chi connectivity index (χ2v) is 10.2. The van der Waals surface area contributed by atoms with E-state index in [2.05, 4.69) is 15.0 Å². The van der Waals surface area contributed by atoms with Crippen LogP contribution < -0.4 is 10.0 Å². The van der Waals surface area contributed by atoms with Crippen LogP contribution in [-0.2, 0) is 21.2 Å². The van der Waals surface area contributed by atoms with Gasteiger partial charge >= 0.3 is 0 Å². The average Bonchev–Trinajstić information content (AvgIpc) is 3.07. The summed E-state index contributed by atoms with van der Waals surface area (Å²) < 4.78 is 29.0. The molecule has 0 spiro atoms. The van der Waals surface area contributed by atoms with Crippen molar-refractivity contribution >= 4 is 50.4 Å². The molecule has 1 amide bonds. The van der Waals surface area contributed by atoms with Gasteiger partial charge in [-0.25, -0.2) is 13.4 Å². The molecule has 9 heteroatoms. The van der Waals surface area contributed by atoms with E-state index in [0.29, 0.717) is 24.2 Å². The third-order valence-corrected chi connectivity index (χ3v) is 7.64. The van der Waals surface area contributed by atoms with Crippen LogP contribution in [0, 0.1) is 6.92 Å². The lowest BCUT2D eigenvalue weighted by Crippen LogP contribution is -2.20. The topological polar surface area (TPSA) is 88.2 Å². The lowest BCUT2D eigenvalue weighted by molar-refractivity contribution is -0.116. The number of aromatic nitrogens is 1. The zero-order chi connectivity index (χ0) is 19.7. The molecule has 0 atom stereocenters. The summed E-state index contributed by atoms with van der Waals surface area (Å²) in [5.41, 5.74) is 2.98. The lowest BCUT2D eigenvalue weighted by Gasteiger charge is -2.18. The Balaban J connectivity index is 1.49. The van der Waals surface area contributed by atoms with Crippen molar-refractivity contribution in [3.05, 3.63) is 59.1 Å². The van der Waals surface area contributed by atoms with E-state index in [0.717, 1.165) is 20.5 Å². The highest BCUT2D eigenvalue weighted by molar-refractivity contribution is 8.01. The van der Waals surface area contributed by atoms with Crippen molar-refractivity contribution < 1.29 is 13.2 Å². The molecule has 28 heavy (non-hydrogen) atoms. The van der Waals surface area contributed by atoms with Crippen LogP contribution in [0.15, 0.2) is 62.0 Å². The number of benzene rings is 2. The first-order valence-corrected chi connectivity index (χ1v) is 11.7. The first kappa shape index (κ1) is 19.0. The molecule has 2 heterocycles. The van der Waals surface area contributed by atoms with Gasteiger partial charge in [0.1, 0.15) is 0 Å². The highest BCUT2D eigenvalue weighted by Gasteiger charge is 2.20. The van der Waals surface area contributed by atoms with E-state index in [1.54, 1.807) is 47.4 Å². The number of sulfonamides is 1. The Hall–Kier alpha value is -2.36. The number of nitrogens with zero attached hydrogens (tertiary/aromatic N) is 1. The van der Waals surface area contributed by atoms with Crippen molar-refractivity contribution in [1.82, 2.24) is 4.98 Å². The number of amides is 1. The smallest absolute Gasteiger partial charge is 0.261 e. The van der Waals surface area contributed by atoms with Crippen LogP contribution in [0.25, 0.3) is 0 Å². The van der Waals surface area contributed by atoms with Gasteiger partial charge in [-0.1, -0.05) is 11.8 Å². The number of aryl methyl sites for hydroxylation is 2. The van der Waals surface area contributed by atoms with Crippen molar-refractivity contribution in [2.45, 2.75) is 33.9 Å². The third-order valence-electron chi connectivity index (χ3n) is 4.19. The first-order valence-electron chi connectivity index (χ1n) is 8.55. The monoisotopic (exact) mass is 431 g/mol. The van der Waals surface area contributed by atoms with Crippen LogP contribution in [0.5, 0.6) is 0 Å². The second-order valence-electron chi connectivity index (χ2n) is 6.35. The quantitative estimate of drug-likeness (QED) is 0.629. The van der Waals surface area contributed by atoms with Crippen LogP contribution in [-0.4, -0.2) is 19.3 Å². The molecule has 0 aliphatic carbocycles. The second kappa shape index (κ2) is 7.57. The fourth-order valence-corrected chi connectivity index (χ4v) is 5.73. The molecule has 0 radical (unpaired) electrons. The molecule has 0 fully saturated rings. The van der Waals surface area contributed by atoms with Gasteiger partial charge in [0.15, 0.2) is 4.34 Å². The van der Waals surface area contributed by atoms with Crippen LogP contribution in [0.1, 0.15) is 17.7 Å². The Morgan fingerprint density at radius 3 is 2.64 bits per heavy atom. The van der Waals surface area contributed by atoms with Crippen molar-refractivity contribution in [2.24, 2.45) is 0 Å². The normalized spacial score (nSPS) is 13.7. The summed E-state index contributed by atoms with van der Waals surface area (Å²) in [7, 11) is -3.71. The molecule has 4 rings (SSSR count). The number of carbonyl (C=O) groups is 1. The molecule has 3 aromatic rings. The molecular formula is C19H17N3O3S3. The van der Waals surface area contributed by atoms with Crippen molar-refractivity contribution in [2.75, 3.05) is 10.0 Å².